The van der Waals surface area contributed by atoms with Crippen molar-refractivity contribution in [2.24, 2.45) is 11.1 Å². The number of aromatic nitrogens is 2. The van der Waals surface area contributed by atoms with Crippen LogP contribution in [0.1, 0.15) is 32.1 Å². The Labute approximate surface area is 156 Å². The van der Waals surface area contributed by atoms with Gasteiger partial charge in [-0.25, -0.2) is 18.7 Å². The van der Waals surface area contributed by atoms with E-state index in [-0.39, 0.29) is 4.90 Å². The summed E-state index contributed by atoms with van der Waals surface area (Å²) in [7, 11) is 0. The van der Waals surface area contributed by atoms with Crippen molar-refractivity contribution in [3.63, 3.8) is 0 Å². The molecule has 1 aliphatic carbocycles. The number of benzene rings is 1. The summed E-state index contributed by atoms with van der Waals surface area (Å²) in [4.78, 5) is 11.3. The van der Waals surface area contributed by atoms with Crippen LogP contribution in [0.25, 0.3) is 0 Å². The second kappa shape index (κ2) is 7.12. The molecule has 4 nitrogen and oxygen atoms in total. The molecule has 1 spiro atoms. The van der Waals surface area contributed by atoms with E-state index in [1.54, 1.807) is 12.4 Å². The number of halogens is 2. The van der Waals surface area contributed by atoms with Gasteiger partial charge in [-0.1, -0.05) is 24.2 Å². The van der Waals surface area contributed by atoms with Crippen LogP contribution in [0.5, 0.6) is 0 Å². The van der Waals surface area contributed by atoms with Crippen LogP contribution in [-0.2, 0) is 0 Å². The smallest absolute Gasteiger partial charge is 0.172 e. The normalized spacial score (nSPS) is 22.1. The van der Waals surface area contributed by atoms with Crippen molar-refractivity contribution in [2.45, 2.75) is 48.1 Å². The summed E-state index contributed by atoms with van der Waals surface area (Å²) < 4.78 is 27.1. The average molecular weight is 376 g/mol. The molecule has 1 aliphatic heterocycles. The van der Waals surface area contributed by atoms with Gasteiger partial charge in [-0.05, 0) is 43.2 Å². The van der Waals surface area contributed by atoms with Crippen molar-refractivity contribution >= 4 is 17.6 Å². The quantitative estimate of drug-likeness (QED) is 0.877. The van der Waals surface area contributed by atoms with Crippen LogP contribution < -0.4 is 10.6 Å². The highest BCUT2D eigenvalue weighted by atomic mass is 32.2. The number of nitrogens with zero attached hydrogens (tertiary/aromatic N) is 3. The first-order valence-electron chi connectivity index (χ1n) is 9.02. The summed E-state index contributed by atoms with van der Waals surface area (Å²) in [5.41, 5.74) is 6.65. The lowest BCUT2D eigenvalue weighted by Crippen LogP contribution is -2.47. The van der Waals surface area contributed by atoms with Gasteiger partial charge in [0.15, 0.2) is 11.6 Å². The Kier molecular flexibility index (Phi) is 4.84. The van der Waals surface area contributed by atoms with E-state index in [9.17, 15) is 8.78 Å². The second-order valence-electron chi connectivity index (χ2n) is 7.21. The molecule has 26 heavy (non-hydrogen) atoms. The minimum atomic E-state index is -0.855. The maximum Gasteiger partial charge on any atom is 0.172 e. The van der Waals surface area contributed by atoms with E-state index in [1.807, 2.05) is 0 Å². The molecule has 7 heteroatoms. The van der Waals surface area contributed by atoms with Gasteiger partial charge in [0.2, 0.25) is 0 Å². The third kappa shape index (κ3) is 3.30. The zero-order valence-electron chi connectivity index (χ0n) is 14.5. The molecular weight excluding hydrogens is 354 g/mol. The monoisotopic (exact) mass is 376 g/mol. The fraction of sp³-hybridized carbons (Fsp3) is 0.474. The van der Waals surface area contributed by atoms with Gasteiger partial charge in [0.05, 0.1) is 17.3 Å². The van der Waals surface area contributed by atoms with Crippen LogP contribution in [0, 0.1) is 17.0 Å². The SMILES string of the molecule is N[C@@H]1CCCC12CCN(c1cnc(Sc3cccc(F)c3F)cn1)CC2. The predicted octanol–water partition coefficient (Wildman–Crippen LogP) is 4.00. The van der Waals surface area contributed by atoms with Crippen LogP contribution in [-0.4, -0.2) is 29.1 Å². The summed E-state index contributed by atoms with van der Waals surface area (Å²) >= 11 is 1.08. The molecule has 0 bridgehead atoms. The molecule has 1 saturated heterocycles. The lowest BCUT2D eigenvalue weighted by atomic mass is 9.74. The number of hydrogen-bond acceptors (Lipinski definition) is 5. The summed E-state index contributed by atoms with van der Waals surface area (Å²) in [6.45, 7) is 1.88. The molecule has 2 heterocycles. The van der Waals surface area contributed by atoms with Crippen molar-refractivity contribution in [3.05, 3.63) is 42.2 Å². The molecule has 2 N–H and O–H groups in total. The molecule has 1 saturated carbocycles. The van der Waals surface area contributed by atoms with Crippen molar-refractivity contribution in [3.8, 4) is 0 Å². The number of piperidine rings is 1. The lowest BCUT2D eigenvalue weighted by molar-refractivity contribution is 0.197. The first kappa shape index (κ1) is 17.7. The molecule has 2 aromatic rings. The van der Waals surface area contributed by atoms with Gasteiger partial charge in [0.25, 0.3) is 0 Å². The molecule has 1 aromatic heterocycles. The third-order valence-corrected chi connectivity index (χ3v) is 6.76. The van der Waals surface area contributed by atoms with Crippen molar-refractivity contribution in [1.29, 1.82) is 0 Å². The zero-order valence-corrected chi connectivity index (χ0v) is 15.3. The van der Waals surface area contributed by atoms with Gasteiger partial charge in [0.1, 0.15) is 10.8 Å². The van der Waals surface area contributed by atoms with Crippen LogP contribution in [0.2, 0.25) is 0 Å². The van der Waals surface area contributed by atoms with Crippen LogP contribution in [0.4, 0.5) is 14.6 Å². The highest BCUT2D eigenvalue weighted by Crippen LogP contribution is 2.45. The fourth-order valence-electron chi connectivity index (χ4n) is 4.17. The van der Waals surface area contributed by atoms with Gasteiger partial charge in [-0.2, -0.15) is 0 Å². The number of nitrogens with two attached hydrogens (primary N) is 1. The molecule has 0 amide bonds. The van der Waals surface area contributed by atoms with Gasteiger partial charge in [0, 0.05) is 19.1 Å². The number of hydrogen-bond donors (Lipinski definition) is 1. The zero-order chi connectivity index (χ0) is 18.1. The molecule has 2 fully saturated rings. The Morgan fingerprint density at radius 3 is 2.58 bits per heavy atom. The van der Waals surface area contributed by atoms with Gasteiger partial charge in [-0.15, -0.1) is 0 Å². The van der Waals surface area contributed by atoms with E-state index in [1.165, 1.54) is 25.0 Å². The first-order chi connectivity index (χ1) is 12.6. The fourth-order valence-corrected chi connectivity index (χ4v) is 4.94. The summed E-state index contributed by atoms with van der Waals surface area (Å²) in [5, 5.41) is 0.546. The van der Waals surface area contributed by atoms with Crippen molar-refractivity contribution < 1.29 is 8.78 Å². The van der Waals surface area contributed by atoms with Crippen LogP contribution >= 0.6 is 11.8 Å². The van der Waals surface area contributed by atoms with Crippen LogP contribution in [0.15, 0.2) is 40.5 Å². The van der Waals surface area contributed by atoms with E-state index in [0.29, 0.717) is 16.5 Å². The summed E-state index contributed by atoms with van der Waals surface area (Å²) in [6, 6.07) is 4.46. The molecule has 1 aromatic carbocycles. The summed E-state index contributed by atoms with van der Waals surface area (Å²) in [5.74, 6) is -0.875. The predicted molar refractivity (Wildman–Crippen MR) is 98.2 cm³/mol. The number of rotatable bonds is 3. The minimum Gasteiger partial charge on any atom is -0.355 e. The highest BCUT2D eigenvalue weighted by molar-refractivity contribution is 7.99. The van der Waals surface area contributed by atoms with E-state index < -0.39 is 11.6 Å². The van der Waals surface area contributed by atoms with E-state index in [0.717, 1.165) is 56.0 Å². The van der Waals surface area contributed by atoms with Gasteiger partial charge in [-0.3, -0.25) is 0 Å². The minimum absolute atomic E-state index is 0.210. The average Bonchev–Trinajstić information content (AvgIpc) is 3.00. The molecule has 1 atom stereocenters. The Bertz CT molecular complexity index is 776. The molecule has 138 valence electrons. The molecule has 2 aliphatic rings. The Morgan fingerprint density at radius 2 is 1.92 bits per heavy atom. The topological polar surface area (TPSA) is 55.0 Å². The summed E-state index contributed by atoms with van der Waals surface area (Å²) in [6.07, 6.45) is 9.15. The molecule has 4 rings (SSSR count). The second-order valence-corrected chi connectivity index (χ2v) is 8.28. The van der Waals surface area contributed by atoms with E-state index in [4.69, 9.17) is 5.73 Å². The largest absolute Gasteiger partial charge is 0.355 e. The van der Waals surface area contributed by atoms with E-state index in [2.05, 4.69) is 14.9 Å². The van der Waals surface area contributed by atoms with Crippen molar-refractivity contribution in [2.75, 3.05) is 18.0 Å². The van der Waals surface area contributed by atoms with E-state index >= 15 is 0 Å². The lowest BCUT2D eigenvalue weighted by Gasteiger charge is -2.42. The Balaban J connectivity index is 1.41. The number of anilines is 1. The maximum absolute atomic E-state index is 13.8. The first-order valence-corrected chi connectivity index (χ1v) is 9.83. The van der Waals surface area contributed by atoms with Gasteiger partial charge < -0.3 is 10.6 Å². The molecular formula is C19H22F2N4S. The van der Waals surface area contributed by atoms with Crippen LogP contribution in [0.3, 0.4) is 0 Å². The highest BCUT2D eigenvalue weighted by Gasteiger charge is 2.42. The van der Waals surface area contributed by atoms with Crippen molar-refractivity contribution in [1.82, 2.24) is 9.97 Å². The third-order valence-electron chi connectivity index (χ3n) is 5.80. The Morgan fingerprint density at radius 1 is 1.12 bits per heavy atom. The van der Waals surface area contributed by atoms with Gasteiger partial charge >= 0.3 is 0 Å². The Hall–Kier alpha value is -1.73. The molecule has 0 unspecified atom stereocenters. The standard InChI is InChI=1S/C19H22F2N4S/c20-13-3-1-4-14(18(13)21)26-17-12-23-16(11-24-17)25-9-7-19(8-10-25)6-2-5-15(19)22/h1,3-4,11-12,15H,2,5-10,22H2/t15-/m1/s1. The maximum atomic E-state index is 13.8. The molecule has 0 radical (unpaired) electrons.